The largest absolute Gasteiger partial charge is 0.444 e. The van der Waals surface area contributed by atoms with Gasteiger partial charge in [-0.25, -0.2) is 4.98 Å². The van der Waals surface area contributed by atoms with Crippen molar-refractivity contribution in [2.24, 2.45) is 5.41 Å². The van der Waals surface area contributed by atoms with E-state index in [2.05, 4.69) is 42.3 Å². The van der Waals surface area contributed by atoms with Crippen molar-refractivity contribution in [1.29, 1.82) is 0 Å². The first-order valence-corrected chi connectivity index (χ1v) is 8.69. The number of carbonyl (C=O) groups excluding carboxylic acids is 1. The van der Waals surface area contributed by atoms with Crippen LogP contribution in [0.5, 0.6) is 0 Å². The summed E-state index contributed by atoms with van der Waals surface area (Å²) in [5, 5.41) is 2.91. The molecule has 1 heterocycles. The van der Waals surface area contributed by atoms with Crippen LogP contribution in [0.25, 0.3) is 22.7 Å². The fourth-order valence-corrected chi connectivity index (χ4v) is 2.65. The van der Waals surface area contributed by atoms with Crippen LogP contribution >= 0.6 is 0 Å². The Morgan fingerprint density at radius 2 is 1.73 bits per heavy atom. The Bertz CT molecular complexity index is 932. The van der Waals surface area contributed by atoms with Gasteiger partial charge in [-0.1, -0.05) is 44.5 Å². The third-order valence-corrected chi connectivity index (χ3v) is 4.23. The summed E-state index contributed by atoms with van der Waals surface area (Å²) in [6.45, 7) is 9.81. The topological polar surface area (TPSA) is 55.1 Å². The molecule has 2 aromatic carbocycles. The monoisotopic (exact) mass is 348 g/mol. The molecule has 1 aromatic heterocycles. The lowest BCUT2D eigenvalue weighted by Crippen LogP contribution is -2.27. The van der Waals surface area contributed by atoms with Crippen molar-refractivity contribution in [2.45, 2.75) is 34.6 Å². The first-order chi connectivity index (χ1) is 12.2. The second-order valence-corrected chi connectivity index (χ2v) is 7.64. The number of oxazole rings is 1. The number of carbonyl (C=O) groups is 1. The van der Waals surface area contributed by atoms with Gasteiger partial charge in [-0.2, -0.15) is 0 Å². The summed E-state index contributed by atoms with van der Waals surface area (Å²) in [4.78, 5) is 16.7. The molecule has 3 aromatic rings. The fraction of sp³-hybridized carbons (Fsp3) is 0.273. The molecule has 0 unspecified atom stereocenters. The Kier molecular flexibility index (Phi) is 4.68. The minimum absolute atomic E-state index is 0.0153. The smallest absolute Gasteiger partial charge is 0.229 e. The zero-order valence-electron chi connectivity index (χ0n) is 15.9. The van der Waals surface area contributed by atoms with Gasteiger partial charge in [-0.05, 0) is 43.7 Å². The Labute approximate surface area is 154 Å². The van der Waals surface area contributed by atoms with Crippen LogP contribution in [0.15, 0.2) is 53.1 Å². The van der Waals surface area contributed by atoms with E-state index in [-0.39, 0.29) is 5.91 Å². The maximum Gasteiger partial charge on any atom is 0.229 e. The first kappa shape index (κ1) is 17.9. The number of nitrogens with one attached hydrogen (secondary N) is 1. The van der Waals surface area contributed by atoms with Crippen LogP contribution in [0.1, 0.15) is 31.9 Å². The standard InChI is InChI=1S/C22H24N2O2/c1-14-6-11-18(15(2)12-14)19-13-26-20(24-19)16-7-9-17(10-8-16)23-21(25)22(3,4)5/h6-13H,1-5H3,(H,23,25). The minimum Gasteiger partial charge on any atom is -0.444 e. The summed E-state index contributed by atoms with van der Waals surface area (Å²) in [5.41, 5.74) is 5.49. The lowest BCUT2D eigenvalue weighted by atomic mass is 9.95. The van der Waals surface area contributed by atoms with Crippen molar-refractivity contribution in [3.8, 4) is 22.7 Å². The van der Waals surface area contributed by atoms with Gasteiger partial charge in [-0.15, -0.1) is 0 Å². The Morgan fingerprint density at radius 3 is 2.35 bits per heavy atom. The lowest BCUT2D eigenvalue weighted by Gasteiger charge is -2.17. The third kappa shape index (κ3) is 3.85. The molecular weight excluding hydrogens is 324 g/mol. The van der Waals surface area contributed by atoms with Gasteiger partial charge in [0.25, 0.3) is 0 Å². The third-order valence-electron chi connectivity index (χ3n) is 4.23. The highest BCUT2D eigenvalue weighted by molar-refractivity contribution is 5.94. The average Bonchev–Trinajstić information content (AvgIpc) is 3.04. The summed E-state index contributed by atoms with van der Waals surface area (Å²) in [6, 6.07) is 13.8. The molecule has 0 saturated carbocycles. The number of amides is 1. The first-order valence-electron chi connectivity index (χ1n) is 8.69. The van der Waals surface area contributed by atoms with Crippen LogP contribution in [-0.4, -0.2) is 10.9 Å². The second-order valence-electron chi connectivity index (χ2n) is 7.64. The predicted molar refractivity (Wildman–Crippen MR) is 105 cm³/mol. The molecule has 26 heavy (non-hydrogen) atoms. The van der Waals surface area contributed by atoms with E-state index in [1.807, 2.05) is 45.0 Å². The van der Waals surface area contributed by atoms with Crippen molar-refractivity contribution in [3.05, 3.63) is 59.9 Å². The van der Waals surface area contributed by atoms with E-state index in [9.17, 15) is 4.79 Å². The molecule has 0 atom stereocenters. The summed E-state index contributed by atoms with van der Waals surface area (Å²) in [5.74, 6) is 0.548. The Morgan fingerprint density at radius 1 is 1.04 bits per heavy atom. The van der Waals surface area contributed by atoms with Gasteiger partial charge in [0.05, 0.1) is 0 Å². The highest BCUT2D eigenvalue weighted by Crippen LogP contribution is 2.28. The quantitative estimate of drug-likeness (QED) is 0.669. The van der Waals surface area contributed by atoms with Crippen molar-refractivity contribution in [3.63, 3.8) is 0 Å². The normalized spacial score (nSPS) is 11.4. The van der Waals surface area contributed by atoms with Crippen molar-refractivity contribution < 1.29 is 9.21 Å². The Hall–Kier alpha value is -2.88. The summed E-state index contributed by atoms with van der Waals surface area (Å²) < 4.78 is 5.67. The molecule has 4 heteroatoms. The van der Waals surface area contributed by atoms with E-state index in [4.69, 9.17) is 4.42 Å². The molecule has 1 amide bonds. The lowest BCUT2D eigenvalue weighted by molar-refractivity contribution is -0.123. The highest BCUT2D eigenvalue weighted by Gasteiger charge is 2.21. The number of nitrogens with zero attached hydrogens (tertiary/aromatic N) is 1. The SMILES string of the molecule is Cc1ccc(-c2coc(-c3ccc(NC(=O)C(C)(C)C)cc3)n2)c(C)c1. The molecular formula is C22H24N2O2. The number of hydrogen-bond donors (Lipinski definition) is 1. The van der Waals surface area contributed by atoms with Gasteiger partial charge < -0.3 is 9.73 Å². The van der Waals surface area contributed by atoms with Crippen molar-refractivity contribution in [1.82, 2.24) is 4.98 Å². The van der Waals surface area contributed by atoms with Crippen molar-refractivity contribution in [2.75, 3.05) is 5.32 Å². The number of anilines is 1. The number of rotatable bonds is 3. The predicted octanol–water partition coefficient (Wildman–Crippen LogP) is 5.61. The van der Waals surface area contributed by atoms with Crippen LogP contribution < -0.4 is 5.32 Å². The number of aromatic nitrogens is 1. The zero-order chi connectivity index (χ0) is 18.9. The molecule has 3 rings (SSSR count). The Balaban J connectivity index is 1.80. The molecule has 0 radical (unpaired) electrons. The van der Waals surface area contributed by atoms with Crippen LogP contribution in [-0.2, 0) is 4.79 Å². The van der Waals surface area contributed by atoms with Gasteiger partial charge in [0.2, 0.25) is 11.8 Å². The molecule has 0 bridgehead atoms. The van der Waals surface area contributed by atoms with Gasteiger partial charge in [0.15, 0.2) is 0 Å². The maximum atomic E-state index is 12.1. The van der Waals surface area contributed by atoms with E-state index < -0.39 is 5.41 Å². The molecule has 0 fully saturated rings. The van der Waals surface area contributed by atoms with Crippen LogP contribution in [0, 0.1) is 19.3 Å². The fourth-order valence-electron chi connectivity index (χ4n) is 2.65. The molecule has 134 valence electrons. The molecule has 0 aliphatic rings. The van der Waals surface area contributed by atoms with Gasteiger partial charge >= 0.3 is 0 Å². The summed E-state index contributed by atoms with van der Waals surface area (Å²) >= 11 is 0. The van der Waals surface area contributed by atoms with Crippen LogP contribution in [0.2, 0.25) is 0 Å². The molecule has 0 aliphatic heterocycles. The van der Waals surface area contributed by atoms with E-state index in [1.165, 1.54) is 11.1 Å². The van der Waals surface area contributed by atoms with Crippen LogP contribution in [0.3, 0.4) is 0 Å². The van der Waals surface area contributed by atoms with E-state index >= 15 is 0 Å². The maximum absolute atomic E-state index is 12.1. The molecule has 0 saturated heterocycles. The van der Waals surface area contributed by atoms with Gasteiger partial charge in [0.1, 0.15) is 12.0 Å². The molecule has 0 spiro atoms. The minimum atomic E-state index is -0.429. The molecule has 4 nitrogen and oxygen atoms in total. The zero-order valence-corrected chi connectivity index (χ0v) is 15.9. The number of aryl methyl sites for hydroxylation is 2. The molecule has 0 aliphatic carbocycles. The van der Waals surface area contributed by atoms with E-state index in [0.29, 0.717) is 5.89 Å². The number of benzene rings is 2. The van der Waals surface area contributed by atoms with Gasteiger partial charge in [-0.3, -0.25) is 4.79 Å². The van der Waals surface area contributed by atoms with E-state index in [1.54, 1.807) is 6.26 Å². The summed E-state index contributed by atoms with van der Waals surface area (Å²) in [7, 11) is 0. The number of hydrogen-bond acceptors (Lipinski definition) is 3. The van der Waals surface area contributed by atoms with Gasteiger partial charge in [0, 0.05) is 22.2 Å². The summed E-state index contributed by atoms with van der Waals surface area (Å²) in [6.07, 6.45) is 1.68. The second kappa shape index (κ2) is 6.79. The van der Waals surface area contributed by atoms with Crippen LogP contribution in [0.4, 0.5) is 5.69 Å². The molecule has 1 N–H and O–H groups in total. The van der Waals surface area contributed by atoms with E-state index in [0.717, 1.165) is 22.5 Å². The van der Waals surface area contributed by atoms with Crippen molar-refractivity contribution >= 4 is 11.6 Å². The highest BCUT2D eigenvalue weighted by atomic mass is 16.3. The average molecular weight is 348 g/mol.